The predicted molar refractivity (Wildman–Crippen MR) is 65.9 cm³/mol. The zero-order valence-corrected chi connectivity index (χ0v) is 10.0. The van der Waals surface area contributed by atoms with Crippen LogP contribution in [0.5, 0.6) is 0 Å². The second kappa shape index (κ2) is 4.85. The summed E-state index contributed by atoms with van der Waals surface area (Å²) in [5.41, 5.74) is -0.0852. The molecule has 0 aromatic heterocycles. The molecule has 0 bridgehead atoms. The molecule has 1 saturated heterocycles. The molecular weight excluding hydrogens is 216 g/mol. The Morgan fingerprint density at radius 2 is 1.88 bits per heavy atom. The average Bonchev–Trinajstić information content (AvgIpc) is 2.39. The van der Waals surface area contributed by atoms with E-state index in [2.05, 4.69) is 5.32 Å². The number of hydrogen-bond donors (Lipinski definition) is 2. The van der Waals surface area contributed by atoms with Crippen LogP contribution < -0.4 is 5.32 Å². The summed E-state index contributed by atoms with van der Waals surface area (Å²) in [5.74, 6) is -0.786. The number of carboxylic acids is 1. The smallest absolute Gasteiger partial charge is 0.328 e. The minimum atomic E-state index is -0.927. The monoisotopic (exact) mass is 234 g/mol. The molecule has 2 rings (SSSR count). The van der Waals surface area contributed by atoms with E-state index in [1.165, 1.54) is 0 Å². The van der Waals surface area contributed by atoms with Crippen molar-refractivity contribution in [1.29, 1.82) is 0 Å². The Morgan fingerprint density at radius 3 is 2.41 bits per heavy atom. The Morgan fingerprint density at radius 1 is 1.29 bits per heavy atom. The van der Waals surface area contributed by atoms with Gasteiger partial charge in [-0.15, -0.1) is 0 Å². The van der Waals surface area contributed by atoms with Crippen molar-refractivity contribution >= 4 is 5.97 Å². The van der Waals surface area contributed by atoms with Gasteiger partial charge in [-0.05, 0) is 12.5 Å². The normalized spacial score (nSPS) is 20.8. The molecular formula is C13H18N2O2. The van der Waals surface area contributed by atoms with Gasteiger partial charge in [-0.3, -0.25) is 4.90 Å². The van der Waals surface area contributed by atoms with Gasteiger partial charge in [0.2, 0.25) is 0 Å². The van der Waals surface area contributed by atoms with Crippen LogP contribution in [0, 0.1) is 0 Å². The van der Waals surface area contributed by atoms with Gasteiger partial charge in [0, 0.05) is 26.2 Å². The van der Waals surface area contributed by atoms with E-state index in [1.54, 1.807) is 6.92 Å². The number of hydrogen-bond acceptors (Lipinski definition) is 3. The van der Waals surface area contributed by atoms with Gasteiger partial charge in [-0.2, -0.15) is 0 Å². The summed E-state index contributed by atoms with van der Waals surface area (Å²) in [6, 6.07) is 9.45. The molecule has 4 nitrogen and oxygen atoms in total. The first kappa shape index (κ1) is 12.1. The lowest BCUT2D eigenvalue weighted by molar-refractivity contribution is -0.151. The number of rotatable bonds is 3. The third kappa shape index (κ3) is 2.18. The van der Waals surface area contributed by atoms with Crippen molar-refractivity contribution < 1.29 is 9.90 Å². The number of nitrogens with one attached hydrogen (secondary N) is 1. The molecule has 17 heavy (non-hydrogen) atoms. The lowest BCUT2D eigenvalue weighted by Gasteiger charge is -2.40. The highest BCUT2D eigenvalue weighted by Crippen LogP contribution is 2.28. The van der Waals surface area contributed by atoms with Crippen LogP contribution in [0.15, 0.2) is 30.3 Å². The maximum atomic E-state index is 11.7. The molecule has 1 aromatic carbocycles. The maximum Gasteiger partial charge on any atom is 0.328 e. The highest BCUT2D eigenvalue weighted by Gasteiger charge is 2.41. The van der Waals surface area contributed by atoms with Crippen LogP contribution in [-0.4, -0.2) is 42.2 Å². The lowest BCUT2D eigenvalue weighted by atomic mass is 9.89. The van der Waals surface area contributed by atoms with Crippen molar-refractivity contribution in [3.05, 3.63) is 35.9 Å². The number of carboxylic acid groups (broad SMARTS) is 1. The van der Waals surface area contributed by atoms with Crippen LogP contribution in [0.25, 0.3) is 0 Å². The molecule has 1 aliphatic rings. The summed E-state index contributed by atoms with van der Waals surface area (Å²) in [6.07, 6.45) is 0. The van der Waals surface area contributed by atoms with E-state index in [-0.39, 0.29) is 0 Å². The minimum Gasteiger partial charge on any atom is -0.480 e. The fraction of sp³-hybridized carbons (Fsp3) is 0.462. The molecule has 1 aromatic rings. The van der Waals surface area contributed by atoms with Crippen LogP contribution in [0.2, 0.25) is 0 Å². The van der Waals surface area contributed by atoms with Crippen LogP contribution in [-0.2, 0) is 10.3 Å². The number of piperazine rings is 1. The van der Waals surface area contributed by atoms with Gasteiger partial charge < -0.3 is 10.4 Å². The Balaban J connectivity index is 2.35. The highest BCUT2D eigenvalue weighted by molar-refractivity contribution is 5.80. The summed E-state index contributed by atoms with van der Waals surface area (Å²) >= 11 is 0. The molecule has 0 aliphatic carbocycles. The fourth-order valence-electron chi connectivity index (χ4n) is 2.32. The first-order chi connectivity index (χ1) is 8.15. The molecule has 1 heterocycles. The number of benzene rings is 1. The Kier molecular flexibility index (Phi) is 3.45. The second-order valence-corrected chi connectivity index (χ2v) is 4.48. The highest BCUT2D eigenvalue weighted by atomic mass is 16.4. The second-order valence-electron chi connectivity index (χ2n) is 4.48. The Labute approximate surface area is 101 Å². The Bertz CT molecular complexity index is 388. The van der Waals surface area contributed by atoms with Crippen LogP contribution in [0.3, 0.4) is 0 Å². The maximum absolute atomic E-state index is 11.7. The van der Waals surface area contributed by atoms with E-state index < -0.39 is 11.5 Å². The molecule has 0 saturated carbocycles. The third-order valence-electron chi connectivity index (χ3n) is 3.50. The quantitative estimate of drug-likeness (QED) is 0.815. The van der Waals surface area contributed by atoms with Gasteiger partial charge in [0.1, 0.15) is 5.54 Å². The molecule has 1 fully saturated rings. The van der Waals surface area contributed by atoms with Crippen molar-refractivity contribution in [3.8, 4) is 0 Å². The first-order valence-electron chi connectivity index (χ1n) is 5.90. The largest absolute Gasteiger partial charge is 0.480 e. The van der Waals surface area contributed by atoms with E-state index in [0.29, 0.717) is 0 Å². The Hall–Kier alpha value is -1.39. The summed E-state index contributed by atoms with van der Waals surface area (Å²) in [6.45, 7) is 5.00. The average molecular weight is 234 g/mol. The fourth-order valence-corrected chi connectivity index (χ4v) is 2.32. The summed E-state index contributed by atoms with van der Waals surface area (Å²) < 4.78 is 0. The zero-order valence-electron chi connectivity index (χ0n) is 10.0. The molecule has 2 N–H and O–H groups in total. The third-order valence-corrected chi connectivity index (χ3v) is 3.50. The molecule has 92 valence electrons. The van der Waals surface area contributed by atoms with Gasteiger partial charge in [0.05, 0.1) is 0 Å². The lowest BCUT2D eigenvalue weighted by Crippen LogP contribution is -2.56. The number of carbonyl (C=O) groups is 1. The van der Waals surface area contributed by atoms with E-state index in [9.17, 15) is 9.90 Å². The first-order valence-corrected chi connectivity index (χ1v) is 5.90. The zero-order chi connectivity index (χ0) is 12.3. The van der Waals surface area contributed by atoms with Crippen LogP contribution in [0.1, 0.15) is 12.5 Å². The molecule has 0 radical (unpaired) electrons. The number of nitrogens with zero attached hydrogens (tertiary/aromatic N) is 1. The standard InChI is InChI=1S/C13H18N2O2/c1-13(12(16)17,11-5-3-2-4-6-11)15-9-7-14-8-10-15/h2-6,14H,7-10H2,1H3,(H,16,17). The number of aliphatic carboxylic acids is 1. The van der Waals surface area contributed by atoms with Gasteiger partial charge in [-0.1, -0.05) is 30.3 Å². The topological polar surface area (TPSA) is 52.6 Å². The van der Waals surface area contributed by atoms with E-state index >= 15 is 0 Å². The van der Waals surface area contributed by atoms with Crippen molar-refractivity contribution in [1.82, 2.24) is 10.2 Å². The van der Waals surface area contributed by atoms with Crippen molar-refractivity contribution in [2.45, 2.75) is 12.5 Å². The van der Waals surface area contributed by atoms with E-state index in [0.717, 1.165) is 31.7 Å². The van der Waals surface area contributed by atoms with Gasteiger partial charge >= 0.3 is 5.97 Å². The minimum absolute atomic E-state index is 0.762. The van der Waals surface area contributed by atoms with Crippen molar-refractivity contribution in [3.63, 3.8) is 0 Å². The molecule has 1 aliphatic heterocycles. The predicted octanol–water partition coefficient (Wildman–Crippen LogP) is 0.892. The summed E-state index contributed by atoms with van der Waals surface area (Å²) in [7, 11) is 0. The molecule has 1 atom stereocenters. The summed E-state index contributed by atoms with van der Waals surface area (Å²) in [5, 5.41) is 12.8. The molecule has 0 amide bonds. The van der Waals surface area contributed by atoms with Gasteiger partial charge in [-0.25, -0.2) is 4.79 Å². The van der Waals surface area contributed by atoms with E-state index in [1.807, 2.05) is 35.2 Å². The van der Waals surface area contributed by atoms with Crippen molar-refractivity contribution in [2.24, 2.45) is 0 Å². The molecule has 0 spiro atoms. The van der Waals surface area contributed by atoms with Gasteiger partial charge in [0.25, 0.3) is 0 Å². The molecule has 1 unspecified atom stereocenters. The van der Waals surface area contributed by atoms with Crippen molar-refractivity contribution in [2.75, 3.05) is 26.2 Å². The van der Waals surface area contributed by atoms with Gasteiger partial charge in [0.15, 0.2) is 0 Å². The van der Waals surface area contributed by atoms with E-state index in [4.69, 9.17) is 0 Å². The SMILES string of the molecule is CC(C(=O)O)(c1ccccc1)N1CCNCC1. The molecule has 4 heteroatoms. The summed E-state index contributed by atoms with van der Waals surface area (Å²) in [4.78, 5) is 13.7. The van der Waals surface area contributed by atoms with Crippen LogP contribution >= 0.6 is 0 Å². The van der Waals surface area contributed by atoms with Crippen LogP contribution in [0.4, 0.5) is 0 Å².